The molecule has 4 rings (SSSR count). The fourth-order valence-corrected chi connectivity index (χ4v) is 5.20. The van der Waals surface area contributed by atoms with Gasteiger partial charge in [0.25, 0.3) is 5.91 Å². The van der Waals surface area contributed by atoms with Gasteiger partial charge in [-0.15, -0.1) is 0 Å². The highest BCUT2D eigenvalue weighted by Gasteiger charge is 2.51. The molecule has 34 heavy (non-hydrogen) atoms. The second-order valence-electron chi connectivity index (χ2n) is 8.95. The summed E-state index contributed by atoms with van der Waals surface area (Å²) in [5, 5.41) is 13.3. The van der Waals surface area contributed by atoms with Crippen LogP contribution in [-0.4, -0.2) is 60.0 Å². The molecule has 0 bridgehead atoms. The monoisotopic (exact) mass is 475 g/mol. The van der Waals surface area contributed by atoms with Crippen LogP contribution in [0.5, 0.6) is 0 Å². The van der Waals surface area contributed by atoms with Gasteiger partial charge in [-0.05, 0) is 44.5 Å². The minimum absolute atomic E-state index is 0.0414. The fraction of sp³-hybridized carbons (Fsp3) is 0.542. The highest BCUT2D eigenvalue weighted by Crippen LogP contribution is 2.45. The number of rotatable bonds is 6. The first-order valence-electron chi connectivity index (χ1n) is 11.5. The summed E-state index contributed by atoms with van der Waals surface area (Å²) in [6, 6.07) is 7.21. The van der Waals surface area contributed by atoms with Crippen LogP contribution < -0.4 is 4.90 Å². The van der Waals surface area contributed by atoms with Crippen molar-refractivity contribution in [2.75, 3.05) is 44.3 Å². The van der Waals surface area contributed by atoms with E-state index in [0.29, 0.717) is 63.7 Å². The highest BCUT2D eigenvalue weighted by atomic mass is 19.4. The molecule has 2 unspecified atom stereocenters. The number of nitrogens with zero attached hydrogens (tertiary/aromatic N) is 5. The predicted molar refractivity (Wildman–Crippen MR) is 119 cm³/mol. The number of fused-ring (bicyclic) bond motifs is 1. The molecule has 3 heterocycles. The van der Waals surface area contributed by atoms with Crippen molar-refractivity contribution in [1.29, 1.82) is 5.26 Å². The Kier molecular flexibility index (Phi) is 6.58. The zero-order valence-electron chi connectivity index (χ0n) is 19.3. The van der Waals surface area contributed by atoms with Gasteiger partial charge in [0.1, 0.15) is 5.69 Å². The summed E-state index contributed by atoms with van der Waals surface area (Å²) in [5.41, 5.74) is -0.589. The number of aromatic nitrogens is 2. The molecule has 1 aromatic heterocycles. The Morgan fingerprint density at radius 1 is 1.29 bits per heavy atom. The average molecular weight is 476 g/mol. The minimum Gasteiger partial charge on any atom is -0.381 e. The van der Waals surface area contributed by atoms with Crippen molar-refractivity contribution in [3.05, 3.63) is 47.3 Å². The molecule has 2 saturated heterocycles. The maximum atomic E-state index is 13.5. The number of ether oxygens (including phenoxy) is 1. The van der Waals surface area contributed by atoms with Gasteiger partial charge < -0.3 is 14.5 Å². The van der Waals surface area contributed by atoms with Crippen molar-refractivity contribution in [1.82, 2.24) is 14.7 Å². The zero-order chi connectivity index (χ0) is 24.5. The van der Waals surface area contributed by atoms with Crippen LogP contribution in [0.2, 0.25) is 0 Å². The van der Waals surface area contributed by atoms with Gasteiger partial charge in [-0.25, -0.2) is 0 Å². The summed E-state index contributed by atoms with van der Waals surface area (Å²) in [7, 11) is 0. The number of benzene rings is 1. The lowest BCUT2D eigenvalue weighted by molar-refractivity contribution is -0.137. The van der Waals surface area contributed by atoms with E-state index in [4.69, 9.17) is 10.00 Å². The van der Waals surface area contributed by atoms with Crippen molar-refractivity contribution >= 4 is 11.6 Å². The van der Waals surface area contributed by atoms with E-state index in [1.54, 1.807) is 29.1 Å². The third kappa shape index (κ3) is 4.37. The number of aryl methyl sites for hydroxylation is 1. The van der Waals surface area contributed by atoms with Crippen LogP contribution in [0.1, 0.15) is 41.9 Å². The van der Waals surface area contributed by atoms with E-state index in [0.717, 1.165) is 6.07 Å². The number of anilines is 1. The molecule has 2 aromatic rings. The molecular formula is C24H28F3N5O2. The number of likely N-dealkylation sites (tertiary alicyclic amines) is 1. The van der Waals surface area contributed by atoms with E-state index in [-0.39, 0.29) is 22.8 Å². The predicted octanol–water partition coefficient (Wildman–Crippen LogP) is 3.80. The second-order valence-corrected chi connectivity index (χ2v) is 8.95. The van der Waals surface area contributed by atoms with Crippen LogP contribution in [0.25, 0.3) is 0 Å². The molecule has 0 aliphatic carbocycles. The van der Waals surface area contributed by atoms with E-state index in [1.165, 1.54) is 6.07 Å². The van der Waals surface area contributed by atoms with Gasteiger partial charge in [0.05, 0.1) is 23.8 Å². The maximum Gasteiger partial charge on any atom is 0.417 e. The van der Waals surface area contributed by atoms with Crippen molar-refractivity contribution < 1.29 is 22.7 Å². The summed E-state index contributed by atoms with van der Waals surface area (Å²) in [5.74, 6) is -0.0476. The molecule has 1 aromatic carbocycles. The molecule has 0 spiro atoms. The van der Waals surface area contributed by atoms with E-state index >= 15 is 0 Å². The molecule has 2 fully saturated rings. The number of nitriles is 1. The standard InChI is InChI=1S/C24H28F3N5O2/c1-3-32-21(7-9-29-32)22(33)31-14-18-13-30(10-8-23(18,15-31)16-34-4-2)19-6-5-17(12-28)20(11-19)24(25,26)27/h5-7,9,11,18H,3-4,8,10,13-16H2,1-2H3. The molecular weight excluding hydrogens is 447 g/mol. The average Bonchev–Trinajstić information content (AvgIpc) is 3.45. The number of carbonyl (C=O) groups is 1. The number of hydrogen-bond acceptors (Lipinski definition) is 5. The summed E-state index contributed by atoms with van der Waals surface area (Å²) < 4.78 is 48.0. The third-order valence-electron chi connectivity index (χ3n) is 7.04. The number of piperidine rings is 1. The topological polar surface area (TPSA) is 74.4 Å². The number of amides is 1. The lowest BCUT2D eigenvalue weighted by atomic mass is 9.73. The van der Waals surface area contributed by atoms with Gasteiger partial charge in [-0.1, -0.05) is 0 Å². The third-order valence-corrected chi connectivity index (χ3v) is 7.04. The fourth-order valence-electron chi connectivity index (χ4n) is 5.20. The van der Waals surface area contributed by atoms with Gasteiger partial charge in [0.15, 0.2) is 0 Å². The number of hydrogen-bond donors (Lipinski definition) is 0. The van der Waals surface area contributed by atoms with Gasteiger partial charge in [0.2, 0.25) is 0 Å². The molecule has 0 saturated carbocycles. The van der Waals surface area contributed by atoms with E-state index in [2.05, 4.69) is 5.10 Å². The van der Waals surface area contributed by atoms with Crippen LogP contribution in [0.15, 0.2) is 30.5 Å². The Labute approximate surface area is 196 Å². The van der Waals surface area contributed by atoms with Crippen molar-refractivity contribution in [3.8, 4) is 6.07 Å². The second kappa shape index (κ2) is 9.29. The van der Waals surface area contributed by atoms with E-state index in [1.807, 2.05) is 23.6 Å². The van der Waals surface area contributed by atoms with Gasteiger partial charge in [-0.2, -0.15) is 23.5 Å². The van der Waals surface area contributed by atoms with Gasteiger partial charge in [-0.3, -0.25) is 9.48 Å². The largest absolute Gasteiger partial charge is 0.417 e. The van der Waals surface area contributed by atoms with E-state index < -0.39 is 11.7 Å². The molecule has 2 aliphatic rings. The number of carbonyl (C=O) groups excluding carboxylic acids is 1. The van der Waals surface area contributed by atoms with Gasteiger partial charge >= 0.3 is 6.18 Å². The molecule has 1 amide bonds. The first-order chi connectivity index (χ1) is 16.2. The summed E-state index contributed by atoms with van der Waals surface area (Å²) in [4.78, 5) is 17.0. The van der Waals surface area contributed by atoms with Crippen LogP contribution in [0, 0.1) is 22.7 Å². The number of halogens is 3. The molecule has 2 aliphatic heterocycles. The molecule has 2 atom stereocenters. The SMILES string of the molecule is CCOCC12CCN(c3ccc(C#N)c(C(F)(F)F)c3)CC1CN(C(=O)c1ccnn1CC)C2. The van der Waals surface area contributed by atoms with Crippen LogP contribution in [0.3, 0.4) is 0 Å². The lowest BCUT2D eigenvalue weighted by Gasteiger charge is -2.44. The normalized spacial score (nSPS) is 22.5. The Morgan fingerprint density at radius 2 is 2.09 bits per heavy atom. The van der Waals surface area contributed by atoms with Crippen LogP contribution in [0.4, 0.5) is 18.9 Å². The smallest absolute Gasteiger partial charge is 0.381 e. The Hall–Kier alpha value is -3.06. The maximum absolute atomic E-state index is 13.5. The quantitative estimate of drug-likeness (QED) is 0.636. The molecule has 10 heteroatoms. The molecule has 182 valence electrons. The summed E-state index contributed by atoms with van der Waals surface area (Å²) >= 11 is 0. The van der Waals surface area contributed by atoms with E-state index in [9.17, 15) is 18.0 Å². The van der Waals surface area contributed by atoms with Gasteiger partial charge in [0, 0.05) is 62.5 Å². The number of alkyl halides is 3. The first kappa shape index (κ1) is 24.1. The lowest BCUT2D eigenvalue weighted by Crippen LogP contribution is -2.49. The first-order valence-corrected chi connectivity index (χ1v) is 11.5. The summed E-state index contributed by atoms with van der Waals surface area (Å²) in [6.07, 6.45) is -2.30. The Bertz CT molecular complexity index is 1090. The van der Waals surface area contributed by atoms with Crippen molar-refractivity contribution in [2.45, 2.75) is 33.0 Å². The van der Waals surface area contributed by atoms with Crippen LogP contribution in [-0.2, 0) is 17.5 Å². The molecule has 0 N–H and O–H groups in total. The van der Waals surface area contributed by atoms with Crippen molar-refractivity contribution in [3.63, 3.8) is 0 Å². The Morgan fingerprint density at radius 3 is 2.76 bits per heavy atom. The summed E-state index contributed by atoms with van der Waals surface area (Å²) in [6.45, 7) is 7.58. The minimum atomic E-state index is -4.60. The molecule has 0 radical (unpaired) electrons. The van der Waals surface area contributed by atoms with Crippen LogP contribution >= 0.6 is 0 Å². The Balaban J connectivity index is 1.59. The zero-order valence-corrected chi connectivity index (χ0v) is 19.3. The van der Waals surface area contributed by atoms with Crippen molar-refractivity contribution in [2.24, 2.45) is 11.3 Å². The molecule has 7 nitrogen and oxygen atoms in total. The highest BCUT2D eigenvalue weighted by molar-refractivity contribution is 5.92.